The smallest absolute Gasteiger partial charge is 0.143 e. The summed E-state index contributed by atoms with van der Waals surface area (Å²) in [6, 6.07) is 8.20. The highest BCUT2D eigenvalue weighted by Crippen LogP contribution is 2.33. The molecule has 0 atom stereocenters. The fraction of sp³-hybridized carbons (Fsp3) is 0.250. The van der Waals surface area contributed by atoms with Crippen molar-refractivity contribution in [3.63, 3.8) is 0 Å². The standard InChI is InChI=1S/C16H17Br2NO/c1-9-4-10(2)15(11(3)5-9)19-8-12-6-13(17)16(20)14(18)7-12/h4-7,19-20H,8H2,1-3H3. The van der Waals surface area contributed by atoms with Crippen molar-refractivity contribution in [1.82, 2.24) is 0 Å². The summed E-state index contributed by atoms with van der Waals surface area (Å²) in [6.07, 6.45) is 0. The third kappa shape index (κ3) is 3.36. The van der Waals surface area contributed by atoms with Gasteiger partial charge in [-0.1, -0.05) is 17.7 Å². The van der Waals surface area contributed by atoms with Gasteiger partial charge in [-0.2, -0.15) is 0 Å². The van der Waals surface area contributed by atoms with E-state index in [1.54, 1.807) is 0 Å². The van der Waals surface area contributed by atoms with Gasteiger partial charge in [-0.3, -0.25) is 0 Å². The molecule has 106 valence electrons. The van der Waals surface area contributed by atoms with Crippen molar-refractivity contribution in [3.05, 3.63) is 55.5 Å². The fourth-order valence-corrected chi connectivity index (χ4v) is 3.65. The Labute approximate surface area is 136 Å². The van der Waals surface area contributed by atoms with Crippen LogP contribution in [0.15, 0.2) is 33.2 Å². The van der Waals surface area contributed by atoms with Crippen molar-refractivity contribution < 1.29 is 5.11 Å². The number of phenols is 1. The molecule has 0 spiro atoms. The largest absolute Gasteiger partial charge is 0.506 e. The number of nitrogens with one attached hydrogen (secondary N) is 1. The molecule has 0 radical (unpaired) electrons. The lowest BCUT2D eigenvalue weighted by molar-refractivity contribution is 0.468. The molecular weight excluding hydrogens is 382 g/mol. The number of hydrogen-bond donors (Lipinski definition) is 2. The first-order valence-electron chi connectivity index (χ1n) is 6.37. The van der Waals surface area contributed by atoms with E-state index >= 15 is 0 Å². The zero-order chi connectivity index (χ0) is 14.9. The lowest BCUT2D eigenvalue weighted by atomic mass is 10.0. The van der Waals surface area contributed by atoms with Gasteiger partial charge in [-0.25, -0.2) is 0 Å². The summed E-state index contributed by atoms with van der Waals surface area (Å²) in [5, 5.41) is 13.2. The molecule has 0 aliphatic carbocycles. The van der Waals surface area contributed by atoms with Crippen LogP contribution in [0, 0.1) is 20.8 Å². The van der Waals surface area contributed by atoms with Crippen LogP contribution in [-0.2, 0) is 6.54 Å². The van der Waals surface area contributed by atoms with Gasteiger partial charge in [0.05, 0.1) is 8.95 Å². The summed E-state index contributed by atoms with van der Waals surface area (Å²) in [6.45, 7) is 7.05. The number of hydrogen-bond acceptors (Lipinski definition) is 2. The lowest BCUT2D eigenvalue weighted by Crippen LogP contribution is -2.03. The van der Waals surface area contributed by atoms with E-state index in [1.165, 1.54) is 22.4 Å². The van der Waals surface area contributed by atoms with Crippen LogP contribution in [0.3, 0.4) is 0 Å². The molecule has 0 saturated heterocycles. The minimum absolute atomic E-state index is 0.233. The molecule has 0 saturated carbocycles. The summed E-state index contributed by atoms with van der Waals surface area (Å²) in [7, 11) is 0. The number of aromatic hydroxyl groups is 1. The second kappa shape index (κ2) is 6.19. The third-order valence-corrected chi connectivity index (χ3v) is 4.43. The van der Waals surface area contributed by atoms with Crippen LogP contribution >= 0.6 is 31.9 Å². The maximum Gasteiger partial charge on any atom is 0.143 e. The van der Waals surface area contributed by atoms with Crippen molar-refractivity contribution >= 4 is 37.5 Å². The molecule has 4 heteroatoms. The highest BCUT2D eigenvalue weighted by Gasteiger charge is 2.07. The molecule has 0 aliphatic heterocycles. The third-order valence-electron chi connectivity index (χ3n) is 3.22. The van der Waals surface area contributed by atoms with E-state index in [0.717, 1.165) is 5.56 Å². The Balaban J connectivity index is 2.21. The molecule has 2 rings (SSSR count). The zero-order valence-corrected chi connectivity index (χ0v) is 14.9. The summed E-state index contributed by atoms with van der Waals surface area (Å²) >= 11 is 6.71. The molecule has 2 aromatic rings. The molecule has 0 heterocycles. The first-order valence-corrected chi connectivity index (χ1v) is 7.95. The molecule has 2 nitrogen and oxygen atoms in total. The maximum absolute atomic E-state index is 9.72. The summed E-state index contributed by atoms with van der Waals surface area (Å²) in [5.41, 5.74) is 6.05. The number of rotatable bonds is 3. The number of phenolic OH excluding ortho intramolecular Hbond substituents is 1. The zero-order valence-electron chi connectivity index (χ0n) is 11.7. The second-order valence-electron chi connectivity index (χ2n) is 5.04. The van der Waals surface area contributed by atoms with E-state index in [0.29, 0.717) is 15.5 Å². The fourth-order valence-electron chi connectivity index (χ4n) is 2.37. The molecule has 0 fully saturated rings. The molecule has 0 amide bonds. The van der Waals surface area contributed by atoms with Crippen molar-refractivity contribution in [3.8, 4) is 5.75 Å². The molecule has 0 aliphatic rings. The number of halogens is 2. The Hall–Kier alpha value is -1.000. The van der Waals surface area contributed by atoms with Gasteiger partial charge in [-0.05, 0) is 81.5 Å². The van der Waals surface area contributed by atoms with Crippen molar-refractivity contribution in [2.45, 2.75) is 27.3 Å². The predicted molar refractivity (Wildman–Crippen MR) is 91.5 cm³/mol. The quantitative estimate of drug-likeness (QED) is 0.719. The van der Waals surface area contributed by atoms with E-state index < -0.39 is 0 Å². The van der Waals surface area contributed by atoms with Crippen LogP contribution in [0.1, 0.15) is 22.3 Å². The lowest BCUT2D eigenvalue weighted by Gasteiger charge is -2.14. The van der Waals surface area contributed by atoms with E-state index in [4.69, 9.17) is 0 Å². The van der Waals surface area contributed by atoms with Crippen LogP contribution < -0.4 is 5.32 Å². The highest BCUT2D eigenvalue weighted by molar-refractivity contribution is 9.11. The first-order chi connectivity index (χ1) is 9.38. The van der Waals surface area contributed by atoms with Gasteiger partial charge in [-0.15, -0.1) is 0 Å². The molecule has 20 heavy (non-hydrogen) atoms. The van der Waals surface area contributed by atoms with E-state index in [9.17, 15) is 5.11 Å². The normalized spacial score (nSPS) is 10.7. The van der Waals surface area contributed by atoms with Gasteiger partial charge in [0, 0.05) is 12.2 Å². The Bertz CT molecular complexity index is 607. The molecule has 2 N–H and O–H groups in total. The van der Waals surface area contributed by atoms with Gasteiger partial charge in [0.1, 0.15) is 5.75 Å². The number of anilines is 1. The molecule has 0 unspecified atom stereocenters. The van der Waals surface area contributed by atoms with Crippen molar-refractivity contribution in [2.24, 2.45) is 0 Å². The summed E-state index contributed by atoms with van der Waals surface area (Å²) < 4.78 is 1.39. The maximum atomic E-state index is 9.72. The predicted octanol–water partition coefficient (Wildman–Crippen LogP) is 5.45. The average Bonchev–Trinajstić information content (AvgIpc) is 2.34. The van der Waals surface area contributed by atoms with E-state index in [2.05, 4.69) is 70.1 Å². The Morgan fingerprint density at radius 3 is 1.95 bits per heavy atom. The average molecular weight is 399 g/mol. The van der Waals surface area contributed by atoms with Crippen LogP contribution in [0.2, 0.25) is 0 Å². The Morgan fingerprint density at radius 1 is 0.950 bits per heavy atom. The first kappa shape index (κ1) is 15.4. The summed E-state index contributed by atoms with van der Waals surface area (Å²) in [5.74, 6) is 0.233. The van der Waals surface area contributed by atoms with Gasteiger partial charge in [0.15, 0.2) is 0 Å². The SMILES string of the molecule is Cc1cc(C)c(NCc2cc(Br)c(O)c(Br)c2)c(C)c1. The van der Waals surface area contributed by atoms with E-state index in [1.807, 2.05) is 12.1 Å². The number of benzene rings is 2. The van der Waals surface area contributed by atoms with Crippen molar-refractivity contribution in [1.29, 1.82) is 0 Å². The second-order valence-corrected chi connectivity index (χ2v) is 6.74. The number of aryl methyl sites for hydroxylation is 3. The highest BCUT2D eigenvalue weighted by atomic mass is 79.9. The molecule has 0 aromatic heterocycles. The van der Waals surface area contributed by atoms with Crippen LogP contribution in [-0.4, -0.2) is 5.11 Å². The van der Waals surface area contributed by atoms with E-state index in [-0.39, 0.29) is 5.75 Å². The van der Waals surface area contributed by atoms with Gasteiger partial charge in [0.25, 0.3) is 0 Å². The van der Waals surface area contributed by atoms with Gasteiger partial charge in [0.2, 0.25) is 0 Å². The molecule has 0 bridgehead atoms. The topological polar surface area (TPSA) is 32.3 Å². The van der Waals surface area contributed by atoms with Crippen molar-refractivity contribution in [2.75, 3.05) is 5.32 Å². The van der Waals surface area contributed by atoms with Crippen LogP contribution in [0.5, 0.6) is 5.75 Å². The minimum Gasteiger partial charge on any atom is -0.506 e. The summed E-state index contributed by atoms with van der Waals surface area (Å²) in [4.78, 5) is 0. The minimum atomic E-state index is 0.233. The van der Waals surface area contributed by atoms with Crippen LogP contribution in [0.4, 0.5) is 5.69 Å². The monoisotopic (exact) mass is 397 g/mol. The van der Waals surface area contributed by atoms with Gasteiger partial charge >= 0.3 is 0 Å². The Kier molecular flexibility index (Phi) is 4.76. The molecular formula is C16H17Br2NO. The molecule has 2 aromatic carbocycles. The van der Waals surface area contributed by atoms with Crippen LogP contribution in [0.25, 0.3) is 0 Å². The van der Waals surface area contributed by atoms with Gasteiger partial charge < -0.3 is 10.4 Å². The Morgan fingerprint density at radius 2 is 1.45 bits per heavy atom.